The van der Waals surface area contributed by atoms with E-state index in [-0.39, 0.29) is 36.6 Å². The Bertz CT molecular complexity index is 785. The van der Waals surface area contributed by atoms with E-state index in [1.807, 2.05) is 45.9 Å². The van der Waals surface area contributed by atoms with Crippen molar-refractivity contribution in [2.24, 2.45) is 4.99 Å². The van der Waals surface area contributed by atoms with Crippen molar-refractivity contribution in [2.75, 3.05) is 32.6 Å². The van der Waals surface area contributed by atoms with E-state index in [4.69, 9.17) is 9.47 Å². The lowest BCUT2D eigenvalue weighted by molar-refractivity contribution is 0.287. The minimum absolute atomic E-state index is 0. The molecule has 0 spiro atoms. The molecular formula is C20H37IN4O4S. The normalized spacial score (nSPS) is 13.2. The van der Waals surface area contributed by atoms with E-state index in [1.165, 1.54) is 0 Å². The predicted molar refractivity (Wildman–Crippen MR) is 134 cm³/mol. The molecule has 8 nitrogen and oxygen atoms in total. The Morgan fingerprint density at radius 1 is 1.13 bits per heavy atom. The second kappa shape index (κ2) is 13.2. The molecule has 30 heavy (non-hydrogen) atoms. The van der Waals surface area contributed by atoms with Gasteiger partial charge in [-0.25, -0.2) is 13.1 Å². The fourth-order valence-electron chi connectivity index (χ4n) is 2.76. The van der Waals surface area contributed by atoms with Crippen molar-refractivity contribution in [3.05, 3.63) is 23.8 Å². The van der Waals surface area contributed by atoms with Crippen LogP contribution in [-0.4, -0.2) is 52.5 Å². The van der Waals surface area contributed by atoms with Crippen molar-refractivity contribution < 1.29 is 17.9 Å². The highest BCUT2D eigenvalue weighted by atomic mass is 127. The van der Waals surface area contributed by atoms with Crippen LogP contribution in [0.3, 0.4) is 0 Å². The summed E-state index contributed by atoms with van der Waals surface area (Å²) in [7, 11) is -3.31. The molecule has 0 radical (unpaired) electrons. The van der Waals surface area contributed by atoms with E-state index in [1.54, 1.807) is 13.8 Å². The monoisotopic (exact) mass is 556 g/mol. The Balaban J connectivity index is 0.00000841. The number of nitrogens with zero attached hydrogens (tertiary/aromatic N) is 1. The highest BCUT2D eigenvalue weighted by Crippen LogP contribution is 2.30. The summed E-state index contributed by atoms with van der Waals surface area (Å²) in [6.07, 6.45) is 1.14. The van der Waals surface area contributed by atoms with Crippen LogP contribution in [0.15, 0.2) is 23.2 Å². The number of nitrogens with one attached hydrogen (secondary N) is 3. The van der Waals surface area contributed by atoms with Gasteiger partial charge in [-0.3, -0.25) is 4.99 Å². The number of rotatable bonds is 11. The molecule has 0 aliphatic carbocycles. The number of aliphatic imine (C=N–C) groups is 1. The van der Waals surface area contributed by atoms with Crippen LogP contribution in [0.5, 0.6) is 11.5 Å². The molecule has 0 heterocycles. The number of ether oxygens (including phenoxy) is 2. The van der Waals surface area contributed by atoms with Gasteiger partial charge in [-0.1, -0.05) is 6.07 Å². The third kappa shape index (κ3) is 10.7. The van der Waals surface area contributed by atoms with Crippen LogP contribution in [0.2, 0.25) is 0 Å². The van der Waals surface area contributed by atoms with Gasteiger partial charge in [0.25, 0.3) is 0 Å². The van der Waals surface area contributed by atoms with Gasteiger partial charge in [0.15, 0.2) is 17.5 Å². The minimum Gasteiger partial charge on any atom is -0.490 e. The molecule has 0 bridgehead atoms. The van der Waals surface area contributed by atoms with Crippen LogP contribution in [0, 0.1) is 0 Å². The first-order valence-corrected chi connectivity index (χ1v) is 11.8. The summed E-state index contributed by atoms with van der Waals surface area (Å²) in [6, 6.07) is 5.81. The topological polar surface area (TPSA) is 101 Å². The van der Waals surface area contributed by atoms with Gasteiger partial charge in [0.05, 0.1) is 32.1 Å². The maximum absolute atomic E-state index is 11.5. The van der Waals surface area contributed by atoms with Gasteiger partial charge in [0.2, 0.25) is 10.0 Å². The van der Waals surface area contributed by atoms with Crippen molar-refractivity contribution in [3.8, 4) is 11.5 Å². The van der Waals surface area contributed by atoms with E-state index in [2.05, 4.69) is 20.3 Å². The molecule has 1 aromatic carbocycles. The van der Waals surface area contributed by atoms with Crippen molar-refractivity contribution in [3.63, 3.8) is 0 Å². The van der Waals surface area contributed by atoms with Gasteiger partial charge in [-0.15, -0.1) is 24.0 Å². The zero-order chi connectivity index (χ0) is 22.1. The highest BCUT2D eigenvalue weighted by Gasteiger charge is 2.22. The standard InChI is InChI=1S/C20H36N4O4S.HI/c1-8-21-19(22-14-20(5,6)24-29(7,25)26)23-15(4)16-11-12-17(27-9-2)18(13-16)28-10-3;/h11-13,15,24H,8-10,14H2,1-7H3,(H2,21,22,23);1H. The average molecular weight is 557 g/mol. The average Bonchev–Trinajstić information content (AvgIpc) is 2.59. The number of hydrogen-bond acceptors (Lipinski definition) is 5. The molecule has 0 amide bonds. The largest absolute Gasteiger partial charge is 0.490 e. The Labute approximate surface area is 198 Å². The van der Waals surface area contributed by atoms with Gasteiger partial charge in [0, 0.05) is 12.1 Å². The Morgan fingerprint density at radius 3 is 2.27 bits per heavy atom. The maximum atomic E-state index is 11.5. The lowest BCUT2D eigenvalue weighted by Gasteiger charge is -2.24. The first kappa shape index (κ1) is 28.7. The van der Waals surface area contributed by atoms with Crippen LogP contribution < -0.4 is 24.8 Å². The number of sulfonamides is 1. The van der Waals surface area contributed by atoms with Crippen molar-refractivity contribution in [2.45, 2.75) is 53.1 Å². The van der Waals surface area contributed by atoms with E-state index < -0.39 is 15.6 Å². The van der Waals surface area contributed by atoms with Crippen LogP contribution in [0.25, 0.3) is 0 Å². The van der Waals surface area contributed by atoms with Crippen molar-refractivity contribution >= 4 is 40.0 Å². The predicted octanol–water partition coefficient (Wildman–Crippen LogP) is 3.05. The molecular weight excluding hydrogens is 519 g/mol. The molecule has 0 aliphatic rings. The molecule has 1 rings (SSSR count). The molecule has 0 fully saturated rings. The van der Waals surface area contributed by atoms with Gasteiger partial charge in [0.1, 0.15) is 0 Å². The van der Waals surface area contributed by atoms with Gasteiger partial charge >= 0.3 is 0 Å². The first-order chi connectivity index (χ1) is 13.5. The molecule has 1 aromatic rings. The van der Waals surface area contributed by atoms with E-state index in [0.717, 1.165) is 17.6 Å². The van der Waals surface area contributed by atoms with Gasteiger partial charge in [-0.05, 0) is 59.2 Å². The summed E-state index contributed by atoms with van der Waals surface area (Å²) in [6.45, 7) is 13.6. The molecule has 3 N–H and O–H groups in total. The smallest absolute Gasteiger partial charge is 0.209 e. The summed E-state index contributed by atoms with van der Waals surface area (Å²) in [4.78, 5) is 4.55. The Morgan fingerprint density at radius 2 is 1.73 bits per heavy atom. The summed E-state index contributed by atoms with van der Waals surface area (Å²) in [5.41, 5.74) is 0.330. The third-order valence-corrected chi connectivity index (χ3v) is 4.78. The molecule has 0 saturated carbocycles. The Hall–Kier alpha value is -1.27. The molecule has 1 atom stereocenters. The van der Waals surface area contributed by atoms with Gasteiger partial charge < -0.3 is 20.1 Å². The lowest BCUT2D eigenvalue weighted by atomic mass is 10.1. The van der Waals surface area contributed by atoms with Crippen LogP contribution >= 0.6 is 24.0 Å². The number of halogens is 1. The SMILES string of the molecule is CCNC(=NCC(C)(C)NS(C)(=O)=O)NC(C)c1ccc(OCC)c(OCC)c1.I. The number of guanidine groups is 1. The van der Waals surface area contributed by atoms with Crippen molar-refractivity contribution in [1.29, 1.82) is 0 Å². The first-order valence-electron chi connectivity index (χ1n) is 9.94. The zero-order valence-electron chi connectivity index (χ0n) is 19.0. The molecule has 10 heteroatoms. The van der Waals surface area contributed by atoms with Crippen LogP contribution in [0.4, 0.5) is 0 Å². The van der Waals surface area contributed by atoms with Crippen molar-refractivity contribution in [1.82, 2.24) is 15.4 Å². The van der Waals surface area contributed by atoms with E-state index in [0.29, 0.717) is 31.5 Å². The summed E-state index contributed by atoms with van der Waals surface area (Å²) >= 11 is 0. The lowest BCUT2D eigenvalue weighted by Crippen LogP contribution is -2.47. The van der Waals surface area contributed by atoms with E-state index in [9.17, 15) is 8.42 Å². The Kier molecular flexibility index (Phi) is 12.6. The zero-order valence-corrected chi connectivity index (χ0v) is 22.2. The van der Waals surface area contributed by atoms with E-state index >= 15 is 0 Å². The minimum atomic E-state index is -3.31. The van der Waals surface area contributed by atoms with Gasteiger partial charge in [-0.2, -0.15) is 0 Å². The molecule has 174 valence electrons. The summed E-state index contributed by atoms with van der Waals surface area (Å²) < 4.78 is 37.0. The molecule has 0 saturated heterocycles. The molecule has 1 unspecified atom stereocenters. The fourth-order valence-corrected chi connectivity index (χ4v) is 3.82. The quantitative estimate of drug-likeness (QED) is 0.220. The third-order valence-electron chi connectivity index (χ3n) is 3.86. The van der Waals surface area contributed by atoms with Crippen LogP contribution in [0.1, 0.15) is 53.1 Å². The summed E-state index contributed by atoms with van der Waals surface area (Å²) in [5, 5.41) is 6.55. The number of benzene rings is 1. The maximum Gasteiger partial charge on any atom is 0.209 e. The molecule has 0 aromatic heterocycles. The fraction of sp³-hybridized carbons (Fsp3) is 0.650. The second-order valence-corrected chi connectivity index (χ2v) is 9.14. The summed E-state index contributed by atoms with van der Waals surface area (Å²) in [5.74, 6) is 2.04. The second-order valence-electron chi connectivity index (χ2n) is 7.39. The molecule has 0 aliphatic heterocycles. The number of hydrogen-bond donors (Lipinski definition) is 3. The van der Waals surface area contributed by atoms with Crippen LogP contribution in [-0.2, 0) is 10.0 Å². The highest BCUT2D eigenvalue weighted by molar-refractivity contribution is 14.0.